The molecule has 338 valence electrons. The van der Waals surface area contributed by atoms with Gasteiger partial charge in [-0.05, 0) is 69.6 Å². The zero-order chi connectivity index (χ0) is 45.4. The van der Waals surface area contributed by atoms with Crippen LogP contribution in [0.4, 0.5) is 0 Å². The van der Waals surface area contributed by atoms with Gasteiger partial charge in [-0.1, -0.05) is 41.5 Å². The highest BCUT2D eigenvalue weighted by atomic mass is 16.4. The Balaban J connectivity index is 2.64. The fourth-order valence-corrected chi connectivity index (χ4v) is 7.07. The Kier molecular flexibility index (Phi) is 20.2. The maximum atomic E-state index is 14.2. The van der Waals surface area contributed by atoms with Crippen LogP contribution in [-0.4, -0.2) is 143 Å². The van der Waals surface area contributed by atoms with E-state index < -0.39 is 108 Å². The second-order valence-electron chi connectivity index (χ2n) is 16.8. The first-order valence-corrected chi connectivity index (χ1v) is 20.6. The summed E-state index contributed by atoms with van der Waals surface area (Å²) in [4.78, 5) is 128. The highest BCUT2D eigenvalue weighted by Gasteiger charge is 2.42. The van der Waals surface area contributed by atoms with E-state index in [4.69, 9.17) is 11.5 Å². The van der Waals surface area contributed by atoms with Crippen LogP contribution in [0.3, 0.4) is 0 Å². The Morgan fingerprint density at radius 2 is 1.30 bits per heavy atom. The molecule has 21 nitrogen and oxygen atoms in total. The van der Waals surface area contributed by atoms with Crippen molar-refractivity contribution in [3.8, 4) is 0 Å². The number of aliphatic imine (C=N–C) groups is 1. The predicted octanol–water partition coefficient (Wildman–Crippen LogP) is -1.96. The van der Waals surface area contributed by atoms with E-state index in [-0.39, 0.29) is 75.3 Å². The molecule has 2 fully saturated rings. The monoisotopic (exact) mass is 850 g/mol. The molecule has 2 aliphatic rings. The van der Waals surface area contributed by atoms with Gasteiger partial charge in [0.05, 0.1) is 13.0 Å². The van der Waals surface area contributed by atoms with Gasteiger partial charge in [-0.15, -0.1) is 0 Å². The number of rotatable bonds is 12. The Labute approximate surface area is 351 Å². The average molecular weight is 850 g/mol. The molecule has 2 saturated heterocycles. The molecule has 2 aliphatic heterocycles. The third kappa shape index (κ3) is 16.3. The molecule has 0 aromatic heterocycles. The number of aliphatic carboxylic acids is 1. The maximum absolute atomic E-state index is 14.2. The second-order valence-corrected chi connectivity index (χ2v) is 16.8. The van der Waals surface area contributed by atoms with Gasteiger partial charge in [-0.25, -0.2) is 0 Å². The third-order valence-electron chi connectivity index (χ3n) is 10.1. The number of hydrogen-bond acceptors (Lipinski definition) is 10. The molecule has 11 N–H and O–H groups in total. The fraction of sp³-hybridized carbons (Fsp3) is 0.744. The quantitative estimate of drug-likeness (QED) is 0.0588. The highest BCUT2D eigenvalue weighted by Crippen LogP contribution is 2.24. The van der Waals surface area contributed by atoms with Crippen molar-refractivity contribution >= 4 is 59.2 Å². The molecule has 0 saturated carbocycles. The molecule has 2 rings (SSSR count). The average Bonchev–Trinajstić information content (AvgIpc) is 3.64. The van der Waals surface area contributed by atoms with Crippen LogP contribution in [0.15, 0.2) is 4.99 Å². The summed E-state index contributed by atoms with van der Waals surface area (Å²) in [6, 6.07) is -8.55. The Bertz CT molecular complexity index is 1600. The SMILES string of the molecule is CC(C)C[C@@H]1NC(=O)[C@H](C)NC(=O)[C@H](CC(C)C)N(C)C(=O)[C@H]2CCCN2C(=O)[C@H](CC(C)C)NC(=O)[C@H](CC(=O)O)NC(=O)CNC(=O)[C@H](CCCN=C(N)N)NC1=O. The number of amides is 8. The van der Waals surface area contributed by atoms with Crippen molar-refractivity contribution in [3.05, 3.63) is 0 Å². The summed E-state index contributed by atoms with van der Waals surface area (Å²) < 4.78 is 0. The number of nitrogens with one attached hydrogen (secondary N) is 6. The van der Waals surface area contributed by atoms with Gasteiger partial charge in [0.2, 0.25) is 47.3 Å². The molecule has 7 atom stereocenters. The molecule has 0 bridgehead atoms. The minimum atomic E-state index is -1.67. The van der Waals surface area contributed by atoms with Crippen LogP contribution in [0.25, 0.3) is 0 Å². The molecule has 0 radical (unpaired) electrons. The smallest absolute Gasteiger partial charge is 0.305 e. The van der Waals surface area contributed by atoms with Crippen molar-refractivity contribution in [2.75, 3.05) is 26.7 Å². The number of carbonyl (C=O) groups is 9. The molecule has 21 heteroatoms. The van der Waals surface area contributed by atoms with E-state index in [1.54, 1.807) is 0 Å². The molecular weight excluding hydrogens is 782 g/mol. The number of nitrogens with two attached hydrogens (primary N) is 2. The van der Waals surface area contributed by atoms with Crippen LogP contribution >= 0.6 is 0 Å². The van der Waals surface area contributed by atoms with Crippen molar-refractivity contribution in [2.45, 2.75) is 142 Å². The largest absolute Gasteiger partial charge is 0.481 e. The number of carboxylic acid groups (broad SMARTS) is 1. The maximum Gasteiger partial charge on any atom is 0.305 e. The van der Waals surface area contributed by atoms with Gasteiger partial charge in [0.15, 0.2) is 5.96 Å². The summed E-state index contributed by atoms with van der Waals surface area (Å²) in [5, 5.41) is 24.9. The summed E-state index contributed by atoms with van der Waals surface area (Å²) in [6.45, 7) is 11.9. The van der Waals surface area contributed by atoms with Crippen LogP contribution in [0.5, 0.6) is 0 Å². The standard InChI is InChI=1S/C39H67N11O10/c1-20(2)15-25-34(56)46-24(11-9-13-42-39(40)41)33(55)43-19-30(51)45-26(18-31(52)53)35(57)48-27(16-21(3)4)37(59)50-14-10-12-28(50)38(60)49(8)29(17-22(5)6)36(58)44-23(7)32(54)47-25/h20-29H,9-19H2,1-8H3,(H,43,55)(H,44,58)(H,45,51)(H,46,56)(H,47,54)(H,48,57)(H,52,53)(H4,40,41,42)/t23-,24-,25-,26-,27-,28+,29-/m0/s1. The van der Waals surface area contributed by atoms with E-state index in [1.165, 1.54) is 23.8 Å². The zero-order valence-corrected chi connectivity index (χ0v) is 36.2. The zero-order valence-electron chi connectivity index (χ0n) is 36.2. The number of nitrogens with zero attached hydrogens (tertiary/aromatic N) is 3. The lowest BCUT2D eigenvalue weighted by Gasteiger charge is -2.35. The van der Waals surface area contributed by atoms with Gasteiger partial charge in [0.25, 0.3) is 0 Å². The summed E-state index contributed by atoms with van der Waals surface area (Å²) in [6.07, 6.45) is 0.489. The summed E-state index contributed by atoms with van der Waals surface area (Å²) in [7, 11) is 1.45. The van der Waals surface area contributed by atoms with Gasteiger partial charge >= 0.3 is 5.97 Å². The van der Waals surface area contributed by atoms with Crippen LogP contribution in [0, 0.1) is 17.8 Å². The van der Waals surface area contributed by atoms with Crippen LogP contribution in [-0.2, 0) is 43.2 Å². The molecule has 0 aromatic carbocycles. The lowest BCUT2D eigenvalue weighted by molar-refractivity contribution is -0.149. The Hall–Kier alpha value is -5.50. The molecule has 2 heterocycles. The first-order valence-electron chi connectivity index (χ1n) is 20.6. The van der Waals surface area contributed by atoms with Crippen molar-refractivity contribution in [1.29, 1.82) is 0 Å². The van der Waals surface area contributed by atoms with E-state index in [0.717, 1.165) is 0 Å². The normalized spacial score (nSPS) is 26.1. The number of carbonyl (C=O) groups excluding carboxylic acids is 8. The summed E-state index contributed by atoms with van der Waals surface area (Å²) >= 11 is 0. The molecule has 8 amide bonds. The number of fused-ring (bicyclic) bond motifs is 1. The van der Waals surface area contributed by atoms with Crippen LogP contribution < -0.4 is 43.4 Å². The lowest BCUT2D eigenvalue weighted by atomic mass is 9.99. The second kappa shape index (κ2) is 23.9. The fourth-order valence-electron chi connectivity index (χ4n) is 7.07. The van der Waals surface area contributed by atoms with Gasteiger partial charge < -0.3 is 58.3 Å². The van der Waals surface area contributed by atoms with Crippen molar-refractivity contribution in [2.24, 2.45) is 34.2 Å². The Morgan fingerprint density at radius 3 is 1.88 bits per heavy atom. The molecule has 60 heavy (non-hydrogen) atoms. The molecule has 0 aromatic rings. The van der Waals surface area contributed by atoms with E-state index in [0.29, 0.717) is 6.42 Å². The third-order valence-corrected chi connectivity index (χ3v) is 10.1. The van der Waals surface area contributed by atoms with E-state index in [2.05, 4.69) is 36.9 Å². The van der Waals surface area contributed by atoms with E-state index in [9.17, 15) is 48.3 Å². The predicted molar refractivity (Wildman–Crippen MR) is 220 cm³/mol. The molecular formula is C39H67N11O10. The lowest BCUT2D eigenvalue weighted by Crippen LogP contribution is -2.60. The molecule has 0 aliphatic carbocycles. The van der Waals surface area contributed by atoms with Crippen LogP contribution in [0.2, 0.25) is 0 Å². The number of carboxylic acids is 1. The minimum Gasteiger partial charge on any atom is -0.481 e. The first kappa shape index (κ1) is 50.6. The topological polar surface area (TPSA) is 317 Å². The van der Waals surface area contributed by atoms with E-state index in [1.807, 2.05) is 41.5 Å². The minimum absolute atomic E-state index is 0.0125. The van der Waals surface area contributed by atoms with Crippen molar-refractivity contribution in [3.63, 3.8) is 0 Å². The number of guanidine groups is 1. The number of hydrogen-bond donors (Lipinski definition) is 9. The first-order chi connectivity index (χ1) is 28.0. The van der Waals surface area contributed by atoms with Gasteiger partial charge in [-0.3, -0.25) is 48.1 Å². The van der Waals surface area contributed by atoms with Gasteiger partial charge in [-0.2, -0.15) is 0 Å². The van der Waals surface area contributed by atoms with Gasteiger partial charge in [0, 0.05) is 20.1 Å². The number of likely N-dealkylation sites (N-methyl/N-ethyl adjacent to an activating group) is 1. The van der Waals surface area contributed by atoms with E-state index >= 15 is 0 Å². The molecule has 0 spiro atoms. The highest BCUT2D eigenvalue weighted by molar-refractivity contribution is 5.99. The van der Waals surface area contributed by atoms with Crippen LogP contribution in [0.1, 0.15) is 99.8 Å². The summed E-state index contributed by atoms with van der Waals surface area (Å²) in [5.41, 5.74) is 10.9. The Morgan fingerprint density at radius 1 is 0.733 bits per heavy atom. The van der Waals surface area contributed by atoms with Gasteiger partial charge in [0.1, 0.15) is 42.3 Å². The molecule has 0 unspecified atom stereocenters. The summed E-state index contributed by atoms with van der Waals surface area (Å²) in [5.74, 6) is -7.91. The van der Waals surface area contributed by atoms with Crippen molar-refractivity contribution < 1.29 is 48.3 Å². The van der Waals surface area contributed by atoms with Crippen molar-refractivity contribution in [1.82, 2.24) is 41.7 Å².